The van der Waals surface area contributed by atoms with E-state index in [2.05, 4.69) is 33.0 Å². The molecule has 0 spiro atoms. The lowest BCUT2D eigenvalue weighted by Crippen LogP contribution is -2.40. The maximum atomic E-state index is 5.06. The van der Waals surface area contributed by atoms with Gasteiger partial charge in [0.05, 0.1) is 6.61 Å². The predicted octanol–water partition coefficient (Wildman–Crippen LogP) is 2.05. The number of hydrogen-bond donors (Lipinski definition) is 1. The van der Waals surface area contributed by atoms with Crippen molar-refractivity contribution < 1.29 is 4.74 Å². The Morgan fingerprint density at radius 2 is 1.83 bits per heavy atom. The van der Waals surface area contributed by atoms with Gasteiger partial charge in [0.2, 0.25) is 0 Å². The van der Waals surface area contributed by atoms with Crippen LogP contribution in [0.1, 0.15) is 34.1 Å². The molecule has 2 heteroatoms. The van der Waals surface area contributed by atoms with Gasteiger partial charge in [0.1, 0.15) is 0 Å². The third kappa shape index (κ3) is 4.73. The number of nitrogens with one attached hydrogen (secondary N) is 1. The van der Waals surface area contributed by atoms with Gasteiger partial charge in [-0.05, 0) is 19.8 Å². The molecular weight excluding hydrogens is 150 g/mol. The molecule has 0 aliphatic carbocycles. The first-order chi connectivity index (χ1) is 5.61. The van der Waals surface area contributed by atoms with E-state index in [0.717, 1.165) is 12.5 Å². The molecule has 0 rings (SSSR count). The summed E-state index contributed by atoms with van der Waals surface area (Å²) in [6, 6.07) is 1.04. The van der Waals surface area contributed by atoms with Crippen LogP contribution >= 0.6 is 0 Å². The highest BCUT2D eigenvalue weighted by Crippen LogP contribution is 2.07. The Bertz CT molecular complexity index is 106. The van der Waals surface area contributed by atoms with Gasteiger partial charge in [-0.25, -0.2) is 0 Å². The number of methoxy groups -OCH3 is 1. The average molecular weight is 173 g/mol. The maximum absolute atomic E-state index is 5.06. The Labute approximate surface area is 76.7 Å². The third-order valence-electron chi connectivity index (χ3n) is 2.46. The van der Waals surface area contributed by atoms with Crippen molar-refractivity contribution in [2.24, 2.45) is 5.92 Å². The molecule has 1 N–H and O–H groups in total. The van der Waals surface area contributed by atoms with Crippen LogP contribution < -0.4 is 5.32 Å². The second-order valence-electron chi connectivity index (χ2n) is 3.70. The lowest BCUT2D eigenvalue weighted by atomic mass is 10.0. The van der Waals surface area contributed by atoms with Gasteiger partial charge in [-0.2, -0.15) is 0 Å². The SMILES string of the molecule is CCC(C)C(C)NC(C)COC. The molecule has 0 bridgehead atoms. The van der Waals surface area contributed by atoms with Gasteiger partial charge < -0.3 is 10.1 Å². The Hall–Kier alpha value is -0.0800. The fourth-order valence-corrected chi connectivity index (χ4v) is 1.26. The van der Waals surface area contributed by atoms with E-state index in [1.807, 2.05) is 0 Å². The van der Waals surface area contributed by atoms with Crippen LogP contribution in [0.25, 0.3) is 0 Å². The predicted molar refractivity (Wildman–Crippen MR) is 53.4 cm³/mol. The summed E-state index contributed by atoms with van der Waals surface area (Å²) in [6.07, 6.45) is 1.23. The lowest BCUT2D eigenvalue weighted by Gasteiger charge is -2.23. The van der Waals surface area contributed by atoms with Crippen LogP contribution in [0.2, 0.25) is 0 Å². The molecule has 0 fully saturated rings. The van der Waals surface area contributed by atoms with Gasteiger partial charge >= 0.3 is 0 Å². The van der Waals surface area contributed by atoms with E-state index in [1.165, 1.54) is 6.42 Å². The molecule has 12 heavy (non-hydrogen) atoms. The molecule has 74 valence electrons. The van der Waals surface area contributed by atoms with Crippen LogP contribution in [0.4, 0.5) is 0 Å². The molecule has 0 aromatic rings. The second kappa shape index (κ2) is 6.44. The van der Waals surface area contributed by atoms with Crippen LogP contribution in [-0.2, 0) is 4.74 Å². The topological polar surface area (TPSA) is 21.3 Å². The third-order valence-corrected chi connectivity index (χ3v) is 2.46. The van der Waals surface area contributed by atoms with Crippen molar-refractivity contribution in [2.45, 2.75) is 46.2 Å². The van der Waals surface area contributed by atoms with Gasteiger partial charge in [-0.3, -0.25) is 0 Å². The van der Waals surface area contributed by atoms with Crippen molar-refractivity contribution in [3.05, 3.63) is 0 Å². The molecule has 0 aromatic carbocycles. The molecule has 2 nitrogen and oxygen atoms in total. The molecule has 0 aliphatic rings. The first-order valence-corrected chi connectivity index (χ1v) is 4.86. The van der Waals surface area contributed by atoms with Crippen molar-refractivity contribution in [2.75, 3.05) is 13.7 Å². The highest BCUT2D eigenvalue weighted by atomic mass is 16.5. The summed E-state index contributed by atoms with van der Waals surface area (Å²) < 4.78 is 5.06. The Morgan fingerprint density at radius 3 is 2.25 bits per heavy atom. The van der Waals surface area contributed by atoms with Crippen molar-refractivity contribution in [3.8, 4) is 0 Å². The van der Waals surface area contributed by atoms with Gasteiger partial charge in [0.25, 0.3) is 0 Å². The van der Waals surface area contributed by atoms with E-state index >= 15 is 0 Å². The zero-order valence-electron chi connectivity index (χ0n) is 9.05. The highest BCUT2D eigenvalue weighted by molar-refractivity contribution is 4.71. The van der Waals surface area contributed by atoms with E-state index in [9.17, 15) is 0 Å². The van der Waals surface area contributed by atoms with Gasteiger partial charge in [-0.15, -0.1) is 0 Å². The second-order valence-corrected chi connectivity index (χ2v) is 3.70. The smallest absolute Gasteiger partial charge is 0.0613 e. The van der Waals surface area contributed by atoms with Crippen LogP contribution in [0.5, 0.6) is 0 Å². The highest BCUT2D eigenvalue weighted by Gasteiger charge is 2.11. The minimum atomic E-state index is 0.457. The minimum Gasteiger partial charge on any atom is -0.383 e. The summed E-state index contributed by atoms with van der Waals surface area (Å²) >= 11 is 0. The van der Waals surface area contributed by atoms with Crippen LogP contribution in [-0.4, -0.2) is 25.8 Å². The van der Waals surface area contributed by atoms with Crippen molar-refractivity contribution in [1.82, 2.24) is 5.32 Å². The van der Waals surface area contributed by atoms with Gasteiger partial charge in [0.15, 0.2) is 0 Å². The zero-order chi connectivity index (χ0) is 9.56. The largest absolute Gasteiger partial charge is 0.383 e. The molecule has 3 unspecified atom stereocenters. The molecule has 0 amide bonds. The normalized spacial score (nSPS) is 18.8. The van der Waals surface area contributed by atoms with Crippen LogP contribution in [0.15, 0.2) is 0 Å². The lowest BCUT2D eigenvalue weighted by molar-refractivity contribution is 0.162. The molecule has 0 heterocycles. The molecule has 0 saturated carbocycles. The number of hydrogen-bond acceptors (Lipinski definition) is 2. The van der Waals surface area contributed by atoms with Crippen LogP contribution in [0, 0.1) is 5.92 Å². The van der Waals surface area contributed by atoms with E-state index in [4.69, 9.17) is 4.74 Å². The van der Waals surface area contributed by atoms with E-state index in [-0.39, 0.29) is 0 Å². The van der Waals surface area contributed by atoms with Gasteiger partial charge in [-0.1, -0.05) is 20.3 Å². The van der Waals surface area contributed by atoms with Crippen molar-refractivity contribution >= 4 is 0 Å². The Balaban J connectivity index is 3.59. The molecule has 0 radical (unpaired) electrons. The number of rotatable bonds is 6. The fourth-order valence-electron chi connectivity index (χ4n) is 1.26. The van der Waals surface area contributed by atoms with E-state index in [0.29, 0.717) is 12.1 Å². The zero-order valence-corrected chi connectivity index (χ0v) is 9.05. The molecular formula is C10H23NO. The van der Waals surface area contributed by atoms with Crippen molar-refractivity contribution in [1.29, 1.82) is 0 Å². The molecule has 0 saturated heterocycles. The molecule has 3 atom stereocenters. The van der Waals surface area contributed by atoms with Gasteiger partial charge in [0, 0.05) is 19.2 Å². The monoisotopic (exact) mass is 173 g/mol. The summed E-state index contributed by atoms with van der Waals surface area (Å²) in [6.45, 7) is 9.69. The number of ether oxygens (including phenoxy) is 1. The summed E-state index contributed by atoms with van der Waals surface area (Å²) in [5.41, 5.74) is 0. The Kier molecular flexibility index (Phi) is 6.39. The molecule has 0 aliphatic heterocycles. The summed E-state index contributed by atoms with van der Waals surface area (Å²) in [5.74, 6) is 0.740. The first kappa shape index (κ1) is 11.9. The van der Waals surface area contributed by atoms with Crippen LogP contribution in [0.3, 0.4) is 0 Å². The standard InChI is InChI=1S/C10H23NO/c1-6-8(2)10(4)11-9(3)7-12-5/h8-11H,6-7H2,1-5H3. The summed E-state index contributed by atoms with van der Waals surface area (Å²) in [5, 5.41) is 3.51. The summed E-state index contributed by atoms with van der Waals surface area (Å²) in [4.78, 5) is 0. The summed E-state index contributed by atoms with van der Waals surface area (Å²) in [7, 11) is 1.74. The minimum absolute atomic E-state index is 0.457. The quantitative estimate of drug-likeness (QED) is 0.663. The van der Waals surface area contributed by atoms with E-state index in [1.54, 1.807) is 7.11 Å². The van der Waals surface area contributed by atoms with Crippen molar-refractivity contribution in [3.63, 3.8) is 0 Å². The first-order valence-electron chi connectivity index (χ1n) is 4.86. The molecule has 0 aromatic heterocycles. The average Bonchev–Trinajstić information content (AvgIpc) is 2.03. The Morgan fingerprint density at radius 1 is 1.25 bits per heavy atom. The fraction of sp³-hybridized carbons (Fsp3) is 1.00. The maximum Gasteiger partial charge on any atom is 0.0613 e. The van der Waals surface area contributed by atoms with E-state index < -0.39 is 0 Å².